The third-order valence-corrected chi connectivity index (χ3v) is 7.46. The van der Waals surface area contributed by atoms with Gasteiger partial charge >= 0.3 is 0 Å². The molecule has 6 nitrogen and oxygen atoms in total. The Labute approximate surface area is 175 Å². The lowest BCUT2D eigenvalue weighted by molar-refractivity contribution is 0.0634. The number of nitrogens with zero attached hydrogens (tertiary/aromatic N) is 1. The monoisotopic (exact) mass is 423 g/mol. The zero-order chi connectivity index (χ0) is 20.7. The minimum absolute atomic E-state index is 0.0695. The summed E-state index contributed by atoms with van der Waals surface area (Å²) in [7, 11) is -2.98. The molecular formula is C23H21NO5S. The molecule has 0 N–H and O–H groups in total. The van der Waals surface area contributed by atoms with Gasteiger partial charge in [-0.15, -0.1) is 0 Å². The summed E-state index contributed by atoms with van der Waals surface area (Å²) in [6.45, 7) is 0.835. The summed E-state index contributed by atoms with van der Waals surface area (Å²) < 4.78 is 35.5. The maximum Gasteiger partial charge on any atom is 0.231 e. The van der Waals surface area contributed by atoms with Gasteiger partial charge in [-0.2, -0.15) is 0 Å². The number of hydrogen-bond donors (Lipinski definition) is 0. The Kier molecular flexibility index (Phi) is 4.72. The molecule has 1 atom stereocenters. The average molecular weight is 423 g/mol. The van der Waals surface area contributed by atoms with E-state index in [-0.39, 0.29) is 29.1 Å². The fourth-order valence-corrected chi connectivity index (χ4v) is 5.86. The van der Waals surface area contributed by atoms with Crippen LogP contribution in [-0.4, -0.2) is 43.4 Å². The molecule has 3 aliphatic rings. The van der Waals surface area contributed by atoms with E-state index in [1.165, 1.54) is 0 Å². The van der Waals surface area contributed by atoms with Gasteiger partial charge in [-0.25, -0.2) is 8.42 Å². The van der Waals surface area contributed by atoms with Crippen molar-refractivity contribution in [2.75, 3.05) is 18.2 Å². The highest BCUT2D eigenvalue weighted by atomic mass is 32.2. The molecule has 0 bridgehead atoms. The molecule has 1 saturated heterocycles. The van der Waals surface area contributed by atoms with Crippen molar-refractivity contribution in [3.63, 3.8) is 0 Å². The number of ketones is 1. The van der Waals surface area contributed by atoms with Crippen molar-refractivity contribution in [2.45, 2.75) is 19.0 Å². The lowest BCUT2D eigenvalue weighted by atomic mass is 10.0. The van der Waals surface area contributed by atoms with Gasteiger partial charge in [0.2, 0.25) is 5.78 Å². The quantitative estimate of drug-likeness (QED) is 0.706. The Balaban J connectivity index is 1.39. The van der Waals surface area contributed by atoms with Gasteiger partial charge in [0.1, 0.15) is 18.2 Å². The Hall–Kier alpha value is -2.90. The van der Waals surface area contributed by atoms with Crippen molar-refractivity contribution >= 4 is 21.7 Å². The molecule has 0 radical (unpaired) electrons. The molecular weight excluding hydrogens is 402 g/mol. The van der Waals surface area contributed by atoms with Crippen molar-refractivity contribution in [3.8, 4) is 11.5 Å². The second-order valence-electron chi connectivity index (χ2n) is 7.73. The van der Waals surface area contributed by atoms with Crippen molar-refractivity contribution in [1.82, 2.24) is 4.90 Å². The topological polar surface area (TPSA) is 72.9 Å². The van der Waals surface area contributed by atoms with Gasteiger partial charge in [0.25, 0.3) is 0 Å². The van der Waals surface area contributed by atoms with Crippen molar-refractivity contribution in [1.29, 1.82) is 0 Å². The number of hydrogen-bond acceptors (Lipinski definition) is 6. The number of sulfone groups is 1. The fraction of sp³-hybridized carbons (Fsp3) is 0.261. The molecule has 7 heteroatoms. The number of carbonyl (C=O) groups excluding carboxylic acids is 1. The van der Waals surface area contributed by atoms with Crippen LogP contribution in [0.5, 0.6) is 11.5 Å². The molecule has 5 rings (SSSR count). The first-order valence-electron chi connectivity index (χ1n) is 9.89. The summed E-state index contributed by atoms with van der Waals surface area (Å²) in [4.78, 5) is 14.8. The molecule has 0 spiro atoms. The summed E-state index contributed by atoms with van der Waals surface area (Å²) in [5, 5.41) is 0. The first kappa shape index (κ1) is 19.1. The van der Waals surface area contributed by atoms with Gasteiger partial charge in [-0.1, -0.05) is 42.5 Å². The van der Waals surface area contributed by atoms with E-state index in [2.05, 4.69) is 0 Å². The van der Waals surface area contributed by atoms with Crippen molar-refractivity contribution in [3.05, 3.63) is 77.1 Å². The molecule has 0 aliphatic carbocycles. The molecule has 0 amide bonds. The predicted molar refractivity (Wildman–Crippen MR) is 113 cm³/mol. The molecule has 0 aromatic heterocycles. The Morgan fingerprint density at radius 1 is 1.10 bits per heavy atom. The summed E-state index contributed by atoms with van der Waals surface area (Å²) in [6, 6.07) is 13.3. The van der Waals surface area contributed by atoms with Crippen LogP contribution >= 0.6 is 0 Å². The van der Waals surface area contributed by atoms with E-state index < -0.39 is 9.84 Å². The van der Waals surface area contributed by atoms with E-state index in [1.807, 2.05) is 41.3 Å². The van der Waals surface area contributed by atoms with Gasteiger partial charge in [-0.05, 0) is 30.2 Å². The molecule has 0 saturated carbocycles. The van der Waals surface area contributed by atoms with Gasteiger partial charge in [0.05, 0.1) is 22.6 Å². The van der Waals surface area contributed by atoms with Gasteiger partial charge in [-0.3, -0.25) is 9.69 Å². The zero-order valence-electron chi connectivity index (χ0n) is 16.3. The largest absolute Gasteiger partial charge is 0.478 e. The molecule has 154 valence electrons. The SMILES string of the molecule is O=C1/C(=C/C=C/c2ccccc2)Oc2c1ccc1c2CN(C2CCS(=O)(=O)C2)CO1. The predicted octanol–water partition coefficient (Wildman–Crippen LogP) is 3.20. The van der Waals surface area contributed by atoms with Crippen LogP contribution in [0.3, 0.4) is 0 Å². The van der Waals surface area contributed by atoms with Crippen LogP contribution in [0.4, 0.5) is 0 Å². The van der Waals surface area contributed by atoms with Crippen LogP contribution in [0.1, 0.15) is 27.9 Å². The lowest BCUT2D eigenvalue weighted by Crippen LogP contribution is -2.41. The number of Topliss-reactive ketones (excluding diaryl/α,β-unsaturated/α-hetero) is 1. The number of ether oxygens (including phenoxy) is 2. The van der Waals surface area contributed by atoms with Gasteiger partial charge in [0.15, 0.2) is 15.6 Å². The van der Waals surface area contributed by atoms with Crippen LogP contribution in [0, 0.1) is 0 Å². The van der Waals surface area contributed by atoms with Crippen LogP contribution in [0.25, 0.3) is 6.08 Å². The molecule has 2 aromatic carbocycles. The fourth-order valence-electron chi connectivity index (χ4n) is 4.10. The lowest BCUT2D eigenvalue weighted by Gasteiger charge is -2.33. The number of allylic oxidation sites excluding steroid dienone is 3. The number of fused-ring (bicyclic) bond motifs is 3. The van der Waals surface area contributed by atoms with Crippen molar-refractivity contribution < 1.29 is 22.7 Å². The summed E-state index contributed by atoms with van der Waals surface area (Å²) in [5.74, 6) is 1.67. The van der Waals surface area contributed by atoms with E-state index in [4.69, 9.17) is 9.47 Å². The first-order chi connectivity index (χ1) is 14.5. The summed E-state index contributed by atoms with van der Waals surface area (Å²) in [6.07, 6.45) is 5.98. The Bertz CT molecular complexity index is 1170. The van der Waals surface area contributed by atoms with Crippen LogP contribution < -0.4 is 9.47 Å². The molecule has 1 unspecified atom stereocenters. The zero-order valence-corrected chi connectivity index (χ0v) is 17.1. The van der Waals surface area contributed by atoms with E-state index in [1.54, 1.807) is 24.3 Å². The number of carbonyl (C=O) groups is 1. The van der Waals surface area contributed by atoms with E-state index in [9.17, 15) is 13.2 Å². The highest BCUT2D eigenvalue weighted by Crippen LogP contribution is 2.42. The molecule has 30 heavy (non-hydrogen) atoms. The highest BCUT2D eigenvalue weighted by molar-refractivity contribution is 7.91. The van der Waals surface area contributed by atoms with Crippen molar-refractivity contribution in [2.24, 2.45) is 0 Å². The first-order valence-corrected chi connectivity index (χ1v) is 11.7. The Morgan fingerprint density at radius 2 is 1.93 bits per heavy atom. The molecule has 3 heterocycles. The highest BCUT2D eigenvalue weighted by Gasteiger charge is 2.38. The number of rotatable bonds is 3. The average Bonchev–Trinajstić information content (AvgIpc) is 3.28. The normalized spacial score (nSPS) is 23.9. The van der Waals surface area contributed by atoms with Gasteiger partial charge < -0.3 is 9.47 Å². The molecule has 1 fully saturated rings. The van der Waals surface area contributed by atoms with Crippen LogP contribution in [0.15, 0.2) is 60.4 Å². The maximum absolute atomic E-state index is 12.8. The second-order valence-corrected chi connectivity index (χ2v) is 9.96. The van der Waals surface area contributed by atoms with Crippen LogP contribution in [-0.2, 0) is 16.4 Å². The van der Waals surface area contributed by atoms with E-state index >= 15 is 0 Å². The minimum atomic E-state index is -2.98. The third kappa shape index (κ3) is 3.55. The molecule has 3 aliphatic heterocycles. The second kappa shape index (κ2) is 7.41. The minimum Gasteiger partial charge on any atom is -0.478 e. The standard InChI is InChI=1S/C23H21NO5S/c25-22-18-9-10-20-19(13-24(15-28-20)17-11-12-30(26,27)14-17)23(18)29-21(22)8-4-7-16-5-2-1-3-6-16/h1-10,17H,11-15H2/b7-4+,21-8-. The smallest absolute Gasteiger partial charge is 0.231 e. The van der Waals surface area contributed by atoms with Gasteiger partial charge in [0, 0.05) is 12.6 Å². The van der Waals surface area contributed by atoms with Crippen LogP contribution in [0.2, 0.25) is 0 Å². The third-order valence-electron chi connectivity index (χ3n) is 5.71. The number of benzene rings is 2. The van der Waals surface area contributed by atoms with E-state index in [0.717, 1.165) is 11.1 Å². The summed E-state index contributed by atoms with van der Waals surface area (Å²) >= 11 is 0. The van der Waals surface area contributed by atoms with E-state index in [0.29, 0.717) is 36.8 Å². The summed E-state index contributed by atoms with van der Waals surface area (Å²) in [5.41, 5.74) is 2.34. The maximum atomic E-state index is 12.8. The Morgan fingerprint density at radius 3 is 2.70 bits per heavy atom. The molecule has 2 aromatic rings.